The summed E-state index contributed by atoms with van der Waals surface area (Å²) < 4.78 is 5.61. The van der Waals surface area contributed by atoms with Gasteiger partial charge in [0.1, 0.15) is 0 Å². The lowest BCUT2D eigenvalue weighted by atomic mass is 10.0. The Kier molecular flexibility index (Phi) is 7.21. The summed E-state index contributed by atoms with van der Waals surface area (Å²) in [5.74, 6) is 0.444. The van der Waals surface area contributed by atoms with Crippen LogP contribution < -0.4 is 11.1 Å². The van der Waals surface area contributed by atoms with Crippen molar-refractivity contribution in [2.24, 2.45) is 11.7 Å². The van der Waals surface area contributed by atoms with E-state index in [0.717, 1.165) is 32.4 Å². The van der Waals surface area contributed by atoms with Crippen molar-refractivity contribution in [2.75, 3.05) is 19.7 Å². The first-order valence-corrected chi connectivity index (χ1v) is 6.84. The maximum absolute atomic E-state index is 11.6. The van der Waals surface area contributed by atoms with E-state index in [2.05, 4.69) is 12.2 Å². The number of hydrogen-bond acceptors (Lipinski definition) is 3. The van der Waals surface area contributed by atoms with E-state index in [-0.39, 0.29) is 5.91 Å². The number of nitrogens with one attached hydrogen (secondary N) is 1. The summed E-state index contributed by atoms with van der Waals surface area (Å²) in [5.41, 5.74) is 5.58. The quantitative estimate of drug-likeness (QED) is 0.710. The number of nitrogens with two attached hydrogens (primary N) is 1. The third kappa shape index (κ3) is 6.03. The zero-order chi connectivity index (χ0) is 12.5. The van der Waals surface area contributed by atoms with Crippen LogP contribution in [-0.2, 0) is 9.53 Å². The molecule has 1 amide bonds. The summed E-state index contributed by atoms with van der Waals surface area (Å²) in [6.45, 7) is 4.27. The predicted octanol–water partition coefficient (Wildman–Crippen LogP) is 1.44. The molecule has 1 aliphatic heterocycles. The molecule has 0 radical (unpaired) electrons. The highest BCUT2D eigenvalue weighted by Gasteiger charge is 2.14. The molecule has 17 heavy (non-hydrogen) atoms. The van der Waals surface area contributed by atoms with Crippen LogP contribution >= 0.6 is 0 Å². The lowest BCUT2D eigenvalue weighted by Crippen LogP contribution is -2.31. The molecule has 1 aliphatic rings. The predicted molar refractivity (Wildman–Crippen MR) is 68.7 cm³/mol. The van der Waals surface area contributed by atoms with E-state index in [9.17, 15) is 4.79 Å². The lowest BCUT2D eigenvalue weighted by molar-refractivity contribution is -0.122. The Morgan fingerprint density at radius 3 is 2.94 bits per heavy atom. The fraction of sp³-hybridized carbons (Fsp3) is 0.923. The fourth-order valence-electron chi connectivity index (χ4n) is 2.14. The molecule has 0 aliphatic carbocycles. The summed E-state index contributed by atoms with van der Waals surface area (Å²) in [6, 6.07) is 0. The van der Waals surface area contributed by atoms with Gasteiger partial charge in [-0.3, -0.25) is 4.79 Å². The second kappa shape index (κ2) is 8.48. The van der Waals surface area contributed by atoms with Crippen molar-refractivity contribution in [3.05, 3.63) is 0 Å². The van der Waals surface area contributed by atoms with Gasteiger partial charge in [-0.1, -0.05) is 13.3 Å². The van der Waals surface area contributed by atoms with Gasteiger partial charge in [-0.2, -0.15) is 0 Å². The average Bonchev–Trinajstić information content (AvgIpc) is 2.37. The zero-order valence-corrected chi connectivity index (χ0v) is 10.9. The van der Waals surface area contributed by atoms with Gasteiger partial charge in [0.15, 0.2) is 0 Å². The standard InChI is InChI=1S/C13H26N2O2/c1-2-11(10-14)9-13(16)15-7-6-12-5-3-4-8-17-12/h11-12H,2-10,14H2,1H3,(H,15,16). The van der Waals surface area contributed by atoms with Crippen LogP contribution in [-0.4, -0.2) is 31.7 Å². The third-order valence-electron chi connectivity index (χ3n) is 3.45. The van der Waals surface area contributed by atoms with Gasteiger partial charge in [-0.05, 0) is 38.1 Å². The van der Waals surface area contributed by atoms with Gasteiger partial charge in [0.2, 0.25) is 5.91 Å². The summed E-state index contributed by atoms with van der Waals surface area (Å²) in [5, 5.41) is 2.95. The van der Waals surface area contributed by atoms with Crippen LogP contribution in [0.5, 0.6) is 0 Å². The van der Waals surface area contributed by atoms with Gasteiger partial charge in [-0.25, -0.2) is 0 Å². The van der Waals surface area contributed by atoms with E-state index >= 15 is 0 Å². The van der Waals surface area contributed by atoms with E-state index < -0.39 is 0 Å². The lowest BCUT2D eigenvalue weighted by Gasteiger charge is -2.22. The number of amides is 1. The van der Waals surface area contributed by atoms with Crippen molar-refractivity contribution in [1.82, 2.24) is 5.32 Å². The minimum atomic E-state index is 0.123. The van der Waals surface area contributed by atoms with E-state index in [1.165, 1.54) is 12.8 Å². The summed E-state index contributed by atoms with van der Waals surface area (Å²) in [6.07, 6.45) is 6.37. The van der Waals surface area contributed by atoms with E-state index in [1.807, 2.05) is 0 Å². The van der Waals surface area contributed by atoms with Crippen molar-refractivity contribution in [3.8, 4) is 0 Å². The largest absolute Gasteiger partial charge is 0.378 e. The Labute approximate surface area is 104 Å². The number of carbonyl (C=O) groups is 1. The molecule has 100 valence electrons. The van der Waals surface area contributed by atoms with Crippen LogP contribution in [0.25, 0.3) is 0 Å². The summed E-state index contributed by atoms with van der Waals surface area (Å²) >= 11 is 0. The first kappa shape index (κ1) is 14.5. The van der Waals surface area contributed by atoms with Crippen molar-refractivity contribution in [2.45, 2.75) is 51.6 Å². The number of rotatable bonds is 7. The molecule has 1 saturated heterocycles. The molecule has 2 atom stereocenters. The van der Waals surface area contributed by atoms with E-state index in [0.29, 0.717) is 25.0 Å². The molecule has 2 unspecified atom stereocenters. The van der Waals surface area contributed by atoms with Crippen LogP contribution in [0.15, 0.2) is 0 Å². The Hall–Kier alpha value is -0.610. The van der Waals surface area contributed by atoms with Gasteiger partial charge in [0.05, 0.1) is 6.10 Å². The minimum absolute atomic E-state index is 0.123. The molecule has 0 aromatic rings. The molecule has 0 saturated carbocycles. The van der Waals surface area contributed by atoms with Crippen molar-refractivity contribution >= 4 is 5.91 Å². The van der Waals surface area contributed by atoms with Crippen LogP contribution in [0.4, 0.5) is 0 Å². The monoisotopic (exact) mass is 242 g/mol. The normalized spacial score (nSPS) is 22.1. The van der Waals surface area contributed by atoms with Gasteiger partial charge < -0.3 is 15.8 Å². The summed E-state index contributed by atoms with van der Waals surface area (Å²) in [7, 11) is 0. The van der Waals surface area contributed by atoms with Crippen molar-refractivity contribution in [1.29, 1.82) is 0 Å². The second-order valence-corrected chi connectivity index (χ2v) is 4.84. The SMILES string of the molecule is CCC(CN)CC(=O)NCCC1CCCCO1. The van der Waals surface area contributed by atoms with E-state index in [4.69, 9.17) is 10.5 Å². The second-order valence-electron chi connectivity index (χ2n) is 4.84. The Morgan fingerprint density at radius 2 is 2.35 bits per heavy atom. The number of ether oxygens (including phenoxy) is 1. The fourth-order valence-corrected chi connectivity index (χ4v) is 2.14. The van der Waals surface area contributed by atoms with Crippen LogP contribution in [0.2, 0.25) is 0 Å². The molecule has 4 nitrogen and oxygen atoms in total. The van der Waals surface area contributed by atoms with Gasteiger partial charge >= 0.3 is 0 Å². The Bertz CT molecular complexity index is 211. The topological polar surface area (TPSA) is 64.4 Å². The number of carbonyl (C=O) groups excluding carboxylic acids is 1. The Balaban J connectivity index is 2.06. The van der Waals surface area contributed by atoms with E-state index in [1.54, 1.807) is 0 Å². The molecular formula is C13H26N2O2. The molecule has 0 bridgehead atoms. The molecule has 0 spiro atoms. The van der Waals surface area contributed by atoms with Gasteiger partial charge in [0, 0.05) is 19.6 Å². The maximum Gasteiger partial charge on any atom is 0.220 e. The molecule has 3 N–H and O–H groups in total. The first-order valence-electron chi connectivity index (χ1n) is 6.84. The third-order valence-corrected chi connectivity index (χ3v) is 3.45. The minimum Gasteiger partial charge on any atom is -0.378 e. The van der Waals surface area contributed by atoms with Crippen LogP contribution in [0.1, 0.15) is 45.4 Å². The number of hydrogen-bond donors (Lipinski definition) is 2. The Morgan fingerprint density at radius 1 is 1.53 bits per heavy atom. The highest BCUT2D eigenvalue weighted by Crippen LogP contribution is 2.14. The zero-order valence-electron chi connectivity index (χ0n) is 10.9. The smallest absolute Gasteiger partial charge is 0.220 e. The molecule has 1 heterocycles. The maximum atomic E-state index is 11.6. The van der Waals surface area contributed by atoms with Gasteiger partial charge in [0.25, 0.3) is 0 Å². The molecule has 1 fully saturated rings. The summed E-state index contributed by atoms with van der Waals surface area (Å²) in [4.78, 5) is 11.6. The van der Waals surface area contributed by atoms with Crippen molar-refractivity contribution in [3.63, 3.8) is 0 Å². The molecule has 4 heteroatoms. The molecule has 1 rings (SSSR count). The van der Waals surface area contributed by atoms with Crippen molar-refractivity contribution < 1.29 is 9.53 Å². The average molecular weight is 242 g/mol. The molecular weight excluding hydrogens is 216 g/mol. The molecule has 0 aromatic heterocycles. The highest BCUT2D eigenvalue weighted by molar-refractivity contribution is 5.76. The van der Waals surface area contributed by atoms with Crippen LogP contribution in [0.3, 0.4) is 0 Å². The van der Waals surface area contributed by atoms with Crippen LogP contribution in [0, 0.1) is 5.92 Å². The highest BCUT2D eigenvalue weighted by atomic mass is 16.5. The molecule has 0 aromatic carbocycles. The first-order chi connectivity index (χ1) is 8.26. The van der Waals surface area contributed by atoms with Gasteiger partial charge in [-0.15, -0.1) is 0 Å².